The molecule has 1 unspecified atom stereocenters. The molecule has 1 aliphatic rings. The minimum absolute atomic E-state index is 0.0968. The molecule has 0 spiro atoms. The van der Waals surface area contributed by atoms with Crippen molar-refractivity contribution in [1.29, 1.82) is 0 Å². The lowest BCUT2D eigenvalue weighted by Crippen LogP contribution is -2.29. The van der Waals surface area contributed by atoms with E-state index in [0.29, 0.717) is 6.42 Å². The lowest BCUT2D eigenvalue weighted by Gasteiger charge is -2.25. The Morgan fingerprint density at radius 2 is 1.88 bits per heavy atom. The number of hydrogen-bond acceptors (Lipinski definition) is 2. The van der Waals surface area contributed by atoms with Crippen LogP contribution in [-0.2, 0) is 0 Å². The van der Waals surface area contributed by atoms with Crippen LogP contribution in [0.1, 0.15) is 49.4 Å². The van der Waals surface area contributed by atoms with Gasteiger partial charge in [0.1, 0.15) is 0 Å². The Hall–Kier alpha value is -1.15. The summed E-state index contributed by atoms with van der Waals surface area (Å²) in [6.45, 7) is 1.92. The summed E-state index contributed by atoms with van der Waals surface area (Å²) in [5.74, 6) is 0.0476. The second-order valence-electron chi connectivity index (χ2n) is 5.27. The van der Waals surface area contributed by atoms with E-state index in [-0.39, 0.29) is 11.7 Å². The Labute approximate surface area is 103 Å². The average molecular weight is 232 g/mol. The highest BCUT2D eigenvalue weighted by atomic mass is 16.3. The highest BCUT2D eigenvalue weighted by molar-refractivity contribution is 5.97. The zero-order valence-corrected chi connectivity index (χ0v) is 10.4. The molecule has 1 fully saturated rings. The monoisotopic (exact) mass is 232 g/mol. The molecule has 1 saturated carbocycles. The molecule has 0 aliphatic heterocycles. The van der Waals surface area contributed by atoms with Gasteiger partial charge < -0.3 is 5.11 Å². The van der Waals surface area contributed by atoms with E-state index in [2.05, 4.69) is 0 Å². The molecule has 0 saturated heterocycles. The topological polar surface area (TPSA) is 37.3 Å². The molecule has 1 aromatic rings. The van der Waals surface area contributed by atoms with E-state index in [4.69, 9.17) is 0 Å². The van der Waals surface area contributed by atoms with Crippen LogP contribution >= 0.6 is 0 Å². The van der Waals surface area contributed by atoms with Crippen LogP contribution in [0, 0.1) is 5.92 Å². The summed E-state index contributed by atoms with van der Waals surface area (Å²) < 4.78 is 0. The minimum Gasteiger partial charge on any atom is -0.390 e. The first kappa shape index (κ1) is 12.3. The van der Waals surface area contributed by atoms with E-state index in [9.17, 15) is 9.90 Å². The maximum absolute atomic E-state index is 12.2. The van der Waals surface area contributed by atoms with Crippen molar-refractivity contribution in [3.05, 3.63) is 35.9 Å². The molecule has 0 amide bonds. The van der Waals surface area contributed by atoms with Crippen molar-refractivity contribution in [1.82, 2.24) is 0 Å². The van der Waals surface area contributed by atoms with Crippen molar-refractivity contribution in [2.45, 2.75) is 44.6 Å². The van der Waals surface area contributed by atoms with Gasteiger partial charge in [0, 0.05) is 11.5 Å². The van der Waals surface area contributed by atoms with Gasteiger partial charge in [-0.05, 0) is 19.3 Å². The maximum Gasteiger partial charge on any atom is 0.165 e. The zero-order valence-electron chi connectivity index (χ0n) is 10.4. The van der Waals surface area contributed by atoms with Crippen molar-refractivity contribution >= 4 is 5.78 Å². The van der Waals surface area contributed by atoms with Gasteiger partial charge in [-0.25, -0.2) is 0 Å². The second-order valence-corrected chi connectivity index (χ2v) is 5.27. The van der Waals surface area contributed by atoms with Crippen LogP contribution in [0.3, 0.4) is 0 Å². The van der Waals surface area contributed by atoms with Gasteiger partial charge in [-0.15, -0.1) is 0 Å². The van der Waals surface area contributed by atoms with E-state index in [1.807, 2.05) is 37.3 Å². The zero-order chi connectivity index (χ0) is 12.3. The largest absolute Gasteiger partial charge is 0.390 e. The molecule has 0 heterocycles. The Kier molecular flexibility index (Phi) is 3.63. The Morgan fingerprint density at radius 1 is 1.29 bits per heavy atom. The Balaban J connectivity index is 2.00. The fourth-order valence-electron chi connectivity index (χ4n) is 2.79. The smallest absolute Gasteiger partial charge is 0.165 e. The summed E-state index contributed by atoms with van der Waals surface area (Å²) in [6.07, 6.45) is 4.46. The number of ketones is 1. The second kappa shape index (κ2) is 5.01. The number of aliphatic hydroxyl groups is 1. The van der Waals surface area contributed by atoms with Crippen molar-refractivity contribution in [2.24, 2.45) is 5.92 Å². The van der Waals surface area contributed by atoms with Crippen LogP contribution < -0.4 is 0 Å². The number of carbonyl (C=O) groups is 1. The minimum atomic E-state index is -0.593. The Morgan fingerprint density at radius 3 is 2.47 bits per heavy atom. The van der Waals surface area contributed by atoms with Crippen molar-refractivity contribution in [2.75, 3.05) is 0 Å². The molecule has 0 bridgehead atoms. The summed E-state index contributed by atoms with van der Waals surface area (Å²) >= 11 is 0. The molecular formula is C15H20O2. The first-order valence-corrected chi connectivity index (χ1v) is 6.42. The van der Waals surface area contributed by atoms with E-state index in [1.54, 1.807) is 0 Å². The molecular weight excluding hydrogens is 212 g/mol. The van der Waals surface area contributed by atoms with E-state index in [0.717, 1.165) is 31.2 Å². The summed E-state index contributed by atoms with van der Waals surface area (Å²) in [5, 5.41) is 10.3. The van der Waals surface area contributed by atoms with Crippen molar-refractivity contribution in [3.63, 3.8) is 0 Å². The third kappa shape index (κ3) is 2.95. The van der Waals surface area contributed by atoms with Gasteiger partial charge in [-0.1, -0.05) is 50.1 Å². The highest BCUT2D eigenvalue weighted by Crippen LogP contribution is 2.35. The fraction of sp³-hybridized carbons (Fsp3) is 0.533. The third-order valence-corrected chi connectivity index (χ3v) is 3.73. The van der Waals surface area contributed by atoms with E-state index < -0.39 is 5.60 Å². The average Bonchev–Trinajstić information content (AvgIpc) is 2.76. The molecule has 2 nitrogen and oxygen atoms in total. The highest BCUT2D eigenvalue weighted by Gasteiger charge is 2.34. The normalized spacial score (nSPS) is 20.1. The first-order chi connectivity index (χ1) is 8.11. The predicted octanol–water partition coefficient (Wildman–Crippen LogP) is 3.20. The summed E-state index contributed by atoms with van der Waals surface area (Å²) in [5.41, 5.74) is 0.158. The molecule has 17 heavy (non-hydrogen) atoms. The fourth-order valence-corrected chi connectivity index (χ4v) is 2.79. The van der Waals surface area contributed by atoms with Crippen LogP contribution in [0.4, 0.5) is 0 Å². The number of rotatable bonds is 4. The number of hydrogen-bond donors (Lipinski definition) is 1. The molecule has 1 atom stereocenters. The van der Waals surface area contributed by atoms with Gasteiger partial charge >= 0.3 is 0 Å². The lowest BCUT2D eigenvalue weighted by atomic mass is 9.86. The van der Waals surface area contributed by atoms with Crippen molar-refractivity contribution < 1.29 is 9.90 Å². The molecule has 2 heteroatoms. The summed E-state index contributed by atoms with van der Waals surface area (Å²) in [4.78, 5) is 12.2. The van der Waals surface area contributed by atoms with Gasteiger partial charge in [0.2, 0.25) is 0 Å². The van der Waals surface area contributed by atoms with Crippen molar-refractivity contribution in [3.8, 4) is 0 Å². The number of Topliss-reactive ketones (excluding diaryl/α,β-unsaturated/α-hetero) is 1. The van der Waals surface area contributed by atoms with Crippen LogP contribution in [0.25, 0.3) is 0 Å². The molecule has 1 N–H and O–H groups in total. The van der Waals surface area contributed by atoms with Crippen LogP contribution in [0.2, 0.25) is 0 Å². The molecule has 0 aromatic heterocycles. The van der Waals surface area contributed by atoms with Gasteiger partial charge in [0.25, 0.3) is 0 Å². The number of carbonyl (C=O) groups excluding carboxylic acids is 1. The van der Waals surface area contributed by atoms with Gasteiger partial charge in [-0.2, -0.15) is 0 Å². The standard InChI is InChI=1S/C15H20O2/c1-12(11-15(17)9-5-6-10-15)14(16)13-7-3-2-4-8-13/h2-4,7-8,12,17H,5-6,9-11H2,1H3. The van der Waals surface area contributed by atoms with Crippen LogP contribution in [0.5, 0.6) is 0 Å². The summed E-state index contributed by atoms with van der Waals surface area (Å²) in [7, 11) is 0. The van der Waals surface area contributed by atoms with Crippen LogP contribution in [-0.4, -0.2) is 16.5 Å². The van der Waals surface area contributed by atoms with E-state index >= 15 is 0 Å². The first-order valence-electron chi connectivity index (χ1n) is 6.42. The quantitative estimate of drug-likeness (QED) is 0.809. The maximum atomic E-state index is 12.2. The predicted molar refractivity (Wildman–Crippen MR) is 68.0 cm³/mol. The van der Waals surface area contributed by atoms with Gasteiger partial charge in [-0.3, -0.25) is 4.79 Å². The molecule has 0 radical (unpaired) electrons. The molecule has 2 rings (SSSR count). The summed E-state index contributed by atoms with van der Waals surface area (Å²) in [6, 6.07) is 9.36. The van der Waals surface area contributed by atoms with Gasteiger partial charge in [0.05, 0.1) is 5.60 Å². The van der Waals surface area contributed by atoms with E-state index in [1.165, 1.54) is 0 Å². The third-order valence-electron chi connectivity index (χ3n) is 3.73. The molecule has 92 valence electrons. The lowest BCUT2D eigenvalue weighted by molar-refractivity contribution is 0.0240. The molecule has 1 aromatic carbocycles. The Bertz CT molecular complexity index is 377. The molecule has 1 aliphatic carbocycles. The van der Waals surface area contributed by atoms with Crippen LogP contribution in [0.15, 0.2) is 30.3 Å². The van der Waals surface area contributed by atoms with Gasteiger partial charge in [0.15, 0.2) is 5.78 Å². The number of benzene rings is 1. The SMILES string of the molecule is CC(CC1(O)CCCC1)C(=O)c1ccccc1.